The molecule has 0 aromatic heterocycles. The molecular weight excluding hydrogens is 216 g/mol. The van der Waals surface area contributed by atoms with Crippen LogP contribution in [0.3, 0.4) is 0 Å². The Hall–Kier alpha value is -1.27. The van der Waals surface area contributed by atoms with Crippen molar-refractivity contribution in [3.05, 3.63) is 24.3 Å². The number of anilines is 1. The molecule has 0 fully saturated rings. The summed E-state index contributed by atoms with van der Waals surface area (Å²) in [6.07, 6.45) is 0. The largest absolute Gasteiger partial charge is 0.490 e. The van der Waals surface area contributed by atoms with E-state index in [9.17, 15) is 8.42 Å². The van der Waals surface area contributed by atoms with E-state index in [0.29, 0.717) is 11.4 Å². The van der Waals surface area contributed by atoms with Gasteiger partial charge in [-0.1, -0.05) is 12.1 Å². The highest BCUT2D eigenvalue weighted by molar-refractivity contribution is 7.89. The molecule has 0 saturated heterocycles. The van der Waals surface area contributed by atoms with E-state index >= 15 is 0 Å². The Morgan fingerprint density at radius 3 is 2.67 bits per heavy atom. The Balaban J connectivity index is 2.49. The van der Waals surface area contributed by atoms with Gasteiger partial charge in [0.15, 0.2) is 0 Å². The van der Waals surface area contributed by atoms with Crippen molar-refractivity contribution in [2.75, 3.05) is 25.1 Å². The van der Waals surface area contributed by atoms with E-state index in [2.05, 4.69) is 4.72 Å². The molecular formula is C9H14N2O3S. The molecule has 0 heterocycles. The van der Waals surface area contributed by atoms with Gasteiger partial charge in [-0.15, -0.1) is 0 Å². The molecule has 0 aliphatic heterocycles. The van der Waals surface area contributed by atoms with Gasteiger partial charge >= 0.3 is 0 Å². The van der Waals surface area contributed by atoms with E-state index in [1.54, 1.807) is 24.3 Å². The van der Waals surface area contributed by atoms with Gasteiger partial charge in [-0.05, 0) is 19.2 Å². The van der Waals surface area contributed by atoms with Crippen LogP contribution in [0.2, 0.25) is 0 Å². The average Bonchev–Trinajstić information content (AvgIpc) is 2.21. The monoisotopic (exact) mass is 230 g/mol. The quantitative estimate of drug-likeness (QED) is 0.708. The van der Waals surface area contributed by atoms with Crippen LogP contribution in [0.15, 0.2) is 24.3 Å². The molecule has 1 rings (SSSR count). The smallest absolute Gasteiger partial charge is 0.214 e. The number of benzene rings is 1. The van der Waals surface area contributed by atoms with Gasteiger partial charge in [0.25, 0.3) is 0 Å². The molecule has 1 aromatic rings. The molecule has 0 radical (unpaired) electrons. The first-order valence-corrected chi connectivity index (χ1v) is 6.09. The van der Waals surface area contributed by atoms with Gasteiger partial charge in [0.05, 0.1) is 11.4 Å². The lowest BCUT2D eigenvalue weighted by molar-refractivity contribution is 0.342. The van der Waals surface area contributed by atoms with Gasteiger partial charge in [-0.3, -0.25) is 0 Å². The van der Waals surface area contributed by atoms with Gasteiger partial charge < -0.3 is 10.5 Å². The minimum absolute atomic E-state index is 0.0807. The highest BCUT2D eigenvalue weighted by Crippen LogP contribution is 2.19. The third-order valence-corrected chi connectivity index (χ3v) is 3.17. The molecule has 0 aliphatic rings. The molecule has 5 nitrogen and oxygen atoms in total. The van der Waals surface area contributed by atoms with Crippen LogP contribution in [0.25, 0.3) is 0 Å². The summed E-state index contributed by atoms with van der Waals surface area (Å²) in [6.45, 7) is 0.0807. The van der Waals surface area contributed by atoms with Crippen LogP contribution >= 0.6 is 0 Å². The molecule has 15 heavy (non-hydrogen) atoms. The van der Waals surface area contributed by atoms with Gasteiger partial charge in [0.2, 0.25) is 10.0 Å². The fraction of sp³-hybridized carbons (Fsp3) is 0.333. The Kier molecular flexibility index (Phi) is 3.93. The Morgan fingerprint density at radius 2 is 2.07 bits per heavy atom. The predicted octanol–water partition coefficient (Wildman–Crippen LogP) is 0.197. The maximum absolute atomic E-state index is 11.1. The van der Waals surface area contributed by atoms with E-state index in [4.69, 9.17) is 10.5 Å². The third-order valence-electron chi connectivity index (χ3n) is 1.84. The van der Waals surface area contributed by atoms with Crippen molar-refractivity contribution in [3.8, 4) is 5.75 Å². The van der Waals surface area contributed by atoms with Crippen molar-refractivity contribution in [2.45, 2.75) is 0 Å². The number of nitrogen functional groups attached to an aromatic ring is 1. The van der Waals surface area contributed by atoms with Gasteiger partial charge in [-0.2, -0.15) is 0 Å². The van der Waals surface area contributed by atoms with Crippen molar-refractivity contribution >= 4 is 15.7 Å². The second-order valence-electron chi connectivity index (χ2n) is 2.91. The van der Waals surface area contributed by atoms with Crippen LogP contribution in [-0.4, -0.2) is 27.8 Å². The molecule has 0 amide bonds. The van der Waals surface area contributed by atoms with E-state index < -0.39 is 10.0 Å². The summed E-state index contributed by atoms with van der Waals surface area (Å²) in [5, 5.41) is 0. The number of nitrogens with two attached hydrogens (primary N) is 1. The number of sulfonamides is 1. The first-order valence-electron chi connectivity index (χ1n) is 4.43. The molecule has 3 N–H and O–H groups in total. The molecule has 1 aromatic carbocycles. The molecule has 6 heteroatoms. The summed E-state index contributed by atoms with van der Waals surface area (Å²) in [4.78, 5) is 0. The zero-order valence-corrected chi connectivity index (χ0v) is 9.25. The standard InChI is InChI=1S/C9H14N2O3S/c1-11-15(12,13)7-6-14-9-5-3-2-4-8(9)10/h2-5,11H,6-7,10H2,1H3. The molecule has 0 unspecified atom stereocenters. The maximum atomic E-state index is 11.1. The Morgan fingerprint density at radius 1 is 1.40 bits per heavy atom. The zero-order chi connectivity index (χ0) is 11.3. The van der Waals surface area contributed by atoms with Crippen molar-refractivity contribution in [1.29, 1.82) is 0 Å². The van der Waals surface area contributed by atoms with Crippen molar-refractivity contribution in [3.63, 3.8) is 0 Å². The van der Waals surface area contributed by atoms with E-state index in [1.807, 2.05) is 0 Å². The van der Waals surface area contributed by atoms with Crippen LogP contribution in [0.5, 0.6) is 5.75 Å². The minimum Gasteiger partial charge on any atom is -0.490 e. The van der Waals surface area contributed by atoms with Crippen molar-refractivity contribution in [2.24, 2.45) is 0 Å². The van der Waals surface area contributed by atoms with Crippen LogP contribution < -0.4 is 15.2 Å². The van der Waals surface area contributed by atoms with Crippen LogP contribution in [0.1, 0.15) is 0 Å². The zero-order valence-electron chi connectivity index (χ0n) is 8.43. The van der Waals surface area contributed by atoms with Crippen LogP contribution in [-0.2, 0) is 10.0 Å². The number of para-hydroxylation sites is 2. The number of nitrogens with one attached hydrogen (secondary N) is 1. The molecule has 0 spiro atoms. The molecule has 0 aliphatic carbocycles. The predicted molar refractivity (Wildman–Crippen MR) is 59.2 cm³/mol. The molecule has 0 saturated carbocycles. The maximum Gasteiger partial charge on any atom is 0.214 e. The Bertz CT molecular complexity index is 417. The summed E-state index contributed by atoms with van der Waals surface area (Å²) < 4.78 is 29.5. The first kappa shape index (κ1) is 11.8. The summed E-state index contributed by atoms with van der Waals surface area (Å²) in [6, 6.07) is 6.95. The second kappa shape index (κ2) is 4.99. The molecule has 0 bridgehead atoms. The number of rotatable bonds is 5. The lowest BCUT2D eigenvalue weighted by Crippen LogP contribution is -2.25. The lowest BCUT2D eigenvalue weighted by atomic mass is 10.3. The highest BCUT2D eigenvalue weighted by atomic mass is 32.2. The molecule has 0 atom stereocenters. The fourth-order valence-corrected chi connectivity index (χ4v) is 1.48. The normalized spacial score (nSPS) is 11.3. The molecule has 84 valence electrons. The van der Waals surface area contributed by atoms with E-state index in [-0.39, 0.29) is 12.4 Å². The summed E-state index contributed by atoms with van der Waals surface area (Å²) in [5.41, 5.74) is 6.11. The van der Waals surface area contributed by atoms with E-state index in [1.165, 1.54) is 7.05 Å². The van der Waals surface area contributed by atoms with Crippen LogP contribution in [0.4, 0.5) is 5.69 Å². The van der Waals surface area contributed by atoms with Crippen LogP contribution in [0, 0.1) is 0 Å². The third kappa shape index (κ3) is 3.77. The topological polar surface area (TPSA) is 81.4 Å². The number of ether oxygens (including phenoxy) is 1. The summed E-state index contributed by atoms with van der Waals surface area (Å²) >= 11 is 0. The first-order chi connectivity index (χ1) is 7.05. The fourth-order valence-electron chi connectivity index (χ4n) is 0.975. The van der Waals surface area contributed by atoms with E-state index in [0.717, 1.165) is 0 Å². The lowest BCUT2D eigenvalue weighted by Gasteiger charge is -2.08. The van der Waals surface area contributed by atoms with Gasteiger partial charge in [-0.25, -0.2) is 13.1 Å². The summed E-state index contributed by atoms with van der Waals surface area (Å²) in [7, 11) is -1.85. The SMILES string of the molecule is CNS(=O)(=O)CCOc1ccccc1N. The second-order valence-corrected chi connectivity index (χ2v) is 4.96. The van der Waals surface area contributed by atoms with Crippen molar-refractivity contribution in [1.82, 2.24) is 4.72 Å². The Labute approximate surface area is 89.3 Å². The minimum atomic E-state index is -3.22. The number of hydrogen-bond acceptors (Lipinski definition) is 4. The van der Waals surface area contributed by atoms with Gasteiger partial charge in [0.1, 0.15) is 12.4 Å². The highest BCUT2D eigenvalue weighted by Gasteiger charge is 2.07. The van der Waals surface area contributed by atoms with Gasteiger partial charge in [0, 0.05) is 0 Å². The van der Waals surface area contributed by atoms with Crippen molar-refractivity contribution < 1.29 is 13.2 Å². The summed E-state index contributed by atoms with van der Waals surface area (Å²) in [5.74, 6) is 0.418. The number of hydrogen-bond donors (Lipinski definition) is 2. The average molecular weight is 230 g/mol.